The fourth-order valence-electron chi connectivity index (χ4n) is 1.43. The van der Waals surface area contributed by atoms with E-state index in [9.17, 15) is 14.9 Å². The molecule has 0 aliphatic heterocycles. The molecule has 0 fully saturated rings. The first kappa shape index (κ1) is 15.2. The number of carboxylic acid groups (broad SMARTS) is 1. The molecule has 8 nitrogen and oxygen atoms in total. The molecule has 1 aromatic carbocycles. The van der Waals surface area contributed by atoms with E-state index in [0.717, 1.165) is 5.13 Å². The van der Waals surface area contributed by atoms with Gasteiger partial charge in [0.25, 0.3) is 5.69 Å². The average Bonchev–Trinajstić information content (AvgIpc) is 2.87. The van der Waals surface area contributed by atoms with Gasteiger partial charge in [0.15, 0.2) is 4.34 Å². The molecule has 1 N–H and O–H groups in total. The number of hydrogen-bond donors (Lipinski definition) is 1. The predicted molar refractivity (Wildman–Crippen MR) is 78.4 cm³/mol. The van der Waals surface area contributed by atoms with Gasteiger partial charge in [0.1, 0.15) is 5.56 Å². The van der Waals surface area contributed by atoms with Crippen LogP contribution in [-0.2, 0) is 0 Å². The van der Waals surface area contributed by atoms with E-state index in [0.29, 0.717) is 9.24 Å². The highest BCUT2D eigenvalue weighted by molar-refractivity contribution is 8.01. The number of carboxylic acids is 1. The highest BCUT2D eigenvalue weighted by Crippen LogP contribution is 2.34. The quantitative estimate of drug-likeness (QED) is 0.658. The molecule has 0 unspecified atom stereocenters. The van der Waals surface area contributed by atoms with E-state index in [-0.39, 0.29) is 5.56 Å². The van der Waals surface area contributed by atoms with Gasteiger partial charge in [-0.2, -0.15) is 0 Å². The smallest absolute Gasteiger partial charge is 0.342 e. The number of anilines is 1. The standard InChI is InChI=1S/C11H10N4O4S2/c1-14(2)10-12-13-11(21-10)20-6-3-4-8(15(18)19)7(5-6)9(16)17/h3-5H,1-2H3,(H,16,17). The van der Waals surface area contributed by atoms with Crippen LogP contribution in [0.1, 0.15) is 10.4 Å². The summed E-state index contributed by atoms with van der Waals surface area (Å²) in [5, 5.41) is 28.5. The van der Waals surface area contributed by atoms with Crippen LogP contribution in [0, 0.1) is 10.1 Å². The number of benzene rings is 1. The first-order valence-electron chi connectivity index (χ1n) is 5.59. The van der Waals surface area contributed by atoms with Gasteiger partial charge in [-0.3, -0.25) is 10.1 Å². The highest BCUT2D eigenvalue weighted by Gasteiger charge is 2.20. The normalized spacial score (nSPS) is 10.4. The molecule has 0 aliphatic carbocycles. The van der Waals surface area contributed by atoms with Crippen molar-refractivity contribution in [2.45, 2.75) is 9.24 Å². The summed E-state index contributed by atoms with van der Waals surface area (Å²) in [6, 6.07) is 3.94. The van der Waals surface area contributed by atoms with Gasteiger partial charge in [-0.15, -0.1) is 10.2 Å². The minimum absolute atomic E-state index is 0.345. The zero-order valence-corrected chi connectivity index (χ0v) is 12.6. The largest absolute Gasteiger partial charge is 0.477 e. The van der Waals surface area contributed by atoms with Gasteiger partial charge in [0.05, 0.1) is 4.92 Å². The molecule has 0 atom stereocenters. The zero-order chi connectivity index (χ0) is 15.6. The lowest BCUT2D eigenvalue weighted by atomic mass is 10.2. The number of nitro groups is 1. The van der Waals surface area contributed by atoms with E-state index in [2.05, 4.69) is 10.2 Å². The third-order valence-corrected chi connectivity index (χ3v) is 4.51. The van der Waals surface area contributed by atoms with Gasteiger partial charge >= 0.3 is 5.97 Å². The van der Waals surface area contributed by atoms with Crippen LogP contribution in [0.15, 0.2) is 27.4 Å². The lowest BCUT2D eigenvalue weighted by molar-refractivity contribution is -0.385. The van der Waals surface area contributed by atoms with Crippen LogP contribution in [-0.4, -0.2) is 40.3 Å². The number of carbonyl (C=O) groups is 1. The van der Waals surface area contributed by atoms with Crippen LogP contribution in [0.25, 0.3) is 0 Å². The third-order valence-electron chi connectivity index (χ3n) is 2.38. The Hall–Kier alpha value is -2.20. The molecule has 2 aromatic rings. The lowest BCUT2D eigenvalue weighted by Crippen LogP contribution is -2.07. The van der Waals surface area contributed by atoms with Gasteiger partial charge in [-0.1, -0.05) is 23.1 Å². The maximum atomic E-state index is 11.1. The Kier molecular flexibility index (Phi) is 4.38. The molecule has 0 spiro atoms. The number of nitrogens with zero attached hydrogens (tertiary/aromatic N) is 4. The van der Waals surface area contributed by atoms with Crippen molar-refractivity contribution in [2.75, 3.05) is 19.0 Å². The second-order valence-corrected chi connectivity index (χ2v) is 6.36. The second kappa shape index (κ2) is 6.06. The summed E-state index contributed by atoms with van der Waals surface area (Å²) in [6.45, 7) is 0. The molecule has 2 rings (SSSR count). The first-order valence-corrected chi connectivity index (χ1v) is 7.22. The van der Waals surface area contributed by atoms with Crippen LogP contribution in [0.2, 0.25) is 0 Å². The minimum atomic E-state index is -1.34. The molecule has 0 amide bonds. The summed E-state index contributed by atoms with van der Waals surface area (Å²) in [4.78, 5) is 23.5. The van der Waals surface area contributed by atoms with Crippen molar-refractivity contribution in [1.82, 2.24) is 10.2 Å². The molecule has 1 heterocycles. The van der Waals surface area contributed by atoms with Gasteiger partial charge in [0, 0.05) is 25.1 Å². The average molecular weight is 326 g/mol. The topological polar surface area (TPSA) is 109 Å². The first-order chi connectivity index (χ1) is 9.88. The Balaban J connectivity index is 2.30. The van der Waals surface area contributed by atoms with Crippen LogP contribution in [0.5, 0.6) is 0 Å². The molecular weight excluding hydrogens is 316 g/mol. The molecule has 1 aromatic heterocycles. The van der Waals surface area contributed by atoms with E-state index >= 15 is 0 Å². The predicted octanol–water partition coefficient (Wildman–Crippen LogP) is 2.36. The van der Waals surface area contributed by atoms with Crippen molar-refractivity contribution in [3.05, 3.63) is 33.9 Å². The summed E-state index contributed by atoms with van der Waals surface area (Å²) >= 11 is 2.56. The molecule has 0 aliphatic rings. The fourth-order valence-corrected chi connectivity index (χ4v) is 3.21. The van der Waals surface area contributed by atoms with E-state index < -0.39 is 16.6 Å². The van der Waals surface area contributed by atoms with Crippen molar-refractivity contribution in [3.63, 3.8) is 0 Å². The minimum Gasteiger partial charge on any atom is -0.477 e. The molecule has 0 saturated carbocycles. The summed E-state index contributed by atoms with van der Waals surface area (Å²) in [6.07, 6.45) is 0. The number of aromatic nitrogens is 2. The zero-order valence-electron chi connectivity index (χ0n) is 11.0. The summed E-state index contributed by atoms with van der Waals surface area (Å²) in [5.41, 5.74) is -0.777. The van der Waals surface area contributed by atoms with Crippen LogP contribution < -0.4 is 4.90 Å². The van der Waals surface area contributed by atoms with Crippen LogP contribution in [0.4, 0.5) is 10.8 Å². The Morgan fingerprint density at radius 3 is 2.67 bits per heavy atom. The van der Waals surface area contributed by atoms with Crippen molar-refractivity contribution < 1.29 is 14.8 Å². The van der Waals surface area contributed by atoms with Crippen molar-refractivity contribution >= 4 is 39.9 Å². The maximum Gasteiger partial charge on any atom is 0.342 e. The Morgan fingerprint density at radius 2 is 2.14 bits per heavy atom. The van der Waals surface area contributed by atoms with Gasteiger partial charge in [-0.25, -0.2) is 4.79 Å². The second-order valence-electron chi connectivity index (χ2n) is 4.09. The molecule has 10 heteroatoms. The molecular formula is C11H10N4O4S2. The lowest BCUT2D eigenvalue weighted by Gasteiger charge is -2.04. The van der Waals surface area contributed by atoms with Crippen molar-refractivity contribution in [1.29, 1.82) is 0 Å². The van der Waals surface area contributed by atoms with Gasteiger partial charge < -0.3 is 10.0 Å². The maximum absolute atomic E-state index is 11.1. The number of aromatic carboxylic acids is 1. The number of nitro benzene ring substituents is 1. The number of rotatable bonds is 5. The summed E-state index contributed by atoms with van der Waals surface area (Å²) in [7, 11) is 3.67. The van der Waals surface area contributed by atoms with E-state index in [1.807, 2.05) is 14.1 Å². The summed E-state index contributed by atoms with van der Waals surface area (Å²) in [5.74, 6) is -1.34. The monoisotopic (exact) mass is 326 g/mol. The SMILES string of the molecule is CN(C)c1nnc(Sc2ccc([N+](=O)[O-])c(C(=O)O)c2)s1. The third kappa shape index (κ3) is 3.47. The number of hydrogen-bond acceptors (Lipinski definition) is 8. The molecule has 21 heavy (non-hydrogen) atoms. The van der Waals surface area contributed by atoms with E-state index in [4.69, 9.17) is 5.11 Å². The fraction of sp³-hybridized carbons (Fsp3) is 0.182. The Labute approximate surface area is 127 Å². The van der Waals surface area contributed by atoms with Crippen molar-refractivity contribution in [3.8, 4) is 0 Å². The van der Waals surface area contributed by atoms with Crippen LogP contribution in [0.3, 0.4) is 0 Å². The van der Waals surface area contributed by atoms with Crippen LogP contribution >= 0.6 is 23.1 Å². The van der Waals surface area contributed by atoms with Gasteiger partial charge in [0.2, 0.25) is 5.13 Å². The molecule has 0 radical (unpaired) electrons. The van der Waals surface area contributed by atoms with Gasteiger partial charge in [-0.05, 0) is 12.1 Å². The van der Waals surface area contributed by atoms with E-state index in [1.54, 1.807) is 4.90 Å². The van der Waals surface area contributed by atoms with Crippen molar-refractivity contribution in [2.24, 2.45) is 0 Å². The van der Waals surface area contributed by atoms with E-state index in [1.165, 1.54) is 41.3 Å². The summed E-state index contributed by atoms with van der Waals surface area (Å²) < 4.78 is 0.629. The Bertz CT molecular complexity index is 701. The molecule has 0 bridgehead atoms. The Morgan fingerprint density at radius 1 is 1.43 bits per heavy atom. The molecule has 0 saturated heterocycles. The highest BCUT2D eigenvalue weighted by atomic mass is 32.2. The molecule has 110 valence electrons.